The molecule has 0 bridgehead atoms. The lowest BCUT2D eigenvalue weighted by atomic mass is 10.1. The molecule has 5 heteroatoms. The molecule has 1 unspecified atom stereocenters. The Labute approximate surface area is 88.3 Å². The summed E-state index contributed by atoms with van der Waals surface area (Å²) in [6.07, 6.45) is 6.61. The maximum Gasteiger partial charge on any atom is 0.290 e. The minimum atomic E-state index is -0.151. The molecule has 5 nitrogen and oxygen atoms in total. The summed E-state index contributed by atoms with van der Waals surface area (Å²) in [7, 11) is 0. The second-order valence-electron chi connectivity index (χ2n) is 3.81. The van der Waals surface area contributed by atoms with Gasteiger partial charge in [0.2, 0.25) is 0 Å². The first-order chi connectivity index (χ1) is 7.36. The Kier molecular flexibility index (Phi) is 3.34. The van der Waals surface area contributed by atoms with Gasteiger partial charge in [0, 0.05) is 25.0 Å². The van der Waals surface area contributed by atoms with Crippen LogP contribution in [-0.2, 0) is 0 Å². The molecule has 0 aliphatic carbocycles. The van der Waals surface area contributed by atoms with Crippen LogP contribution < -0.4 is 16.2 Å². The predicted octanol–water partition coefficient (Wildman–Crippen LogP) is 0.324. The third kappa shape index (κ3) is 2.79. The van der Waals surface area contributed by atoms with Gasteiger partial charge in [0.05, 0.1) is 0 Å². The number of aromatic nitrogens is 2. The molecule has 0 amide bonds. The molecule has 1 saturated heterocycles. The summed E-state index contributed by atoms with van der Waals surface area (Å²) >= 11 is 0. The lowest BCUT2D eigenvalue weighted by Crippen LogP contribution is -2.33. The Balaban J connectivity index is 2.01. The van der Waals surface area contributed by atoms with Crippen LogP contribution in [0.15, 0.2) is 17.2 Å². The van der Waals surface area contributed by atoms with Crippen molar-refractivity contribution in [2.45, 2.75) is 25.3 Å². The normalized spacial score (nSPS) is 22.0. The standard InChI is InChI=1S/C10H16N4O/c15-10-9(12-5-6-13-10)14-8-3-1-2-4-11-7-8/h5-6,8,11H,1-4,7H2,(H,12,14)(H,13,15). The number of nitrogens with zero attached hydrogens (tertiary/aromatic N) is 1. The summed E-state index contributed by atoms with van der Waals surface area (Å²) in [5.74, 6) is 0.422. The van der Waals surface area contributed by atoms with Gasteiger partial charge in [-0.1, -0.05) is 6.42 Å². The molecule has 82 valence electrons. The maximum absolute atomic E-state index is 11.4. The molecule has 0 spiro atoms. The van der Waals surface area contributed by atoms with Crippen molar-refractivity contribution in [1.82, 2.24) is 15.3 Å². The van der Waals surface area contributed by atoms with E-state index >= 15 is 0 Å². The van der Waals surface area contributed by atoms with Crippen LogP contribution in [0.3, 0.4) is 0 Å². The molecule has 0 aromatic carbocycles. The molecule has 1 aromatic heterocycles. The van der Waals surface area contributed by atoms with E-state index in [1.165, 1.54) is 12.8 Å². The highest BCUT2D eigenvalue weighted by Gasteiger charge is 2.12. The van der Waals surface area contributed by atoms with Gasteiger partial charge in [0.25, 0.3) is 5.56 Å². The molecule has 1 aliphatic rings. The van der Waals surface area contributed by atoms with Crippen LogP contribution in [0.2, 0.25) is 0 Å². The van der Waals surface area contributed by atoms with E-state index in [0.29, 0.717) is 11.9 Å². The smallest absolute Gasteiger partial charge is 0.290 e. The summed E-state index contributed by atoms with van der Waals surface area (Å²) in [6.45, 7) is 1.97. The van der Waals surface area contributed by atoms with E-state index in [9.17, 15) is 4.79 Å². The molecule has 1 aliphatic heterocycles. The van der Waals surface area contributed by atoms with Crippen molar-refractivity contribution in [2.75, 3.05) is 18.4 Å². The van der Waals surface area contributed by atoms with E-state index in [4.69, 9.17) is 0 Å². The van der Waals surface area contributed by atoms with Crippen molar-refractivity contribution < 1.29 is 0 Å². The first-order valence-corrected chi connectivity index (χ1v) is 5.37. The average Bonchev–Trinajstić information content (AvgIpc) is 2.50. The first kappa shape index (κ1) is 10.2. The highest BCUT2D eigenvalue weighted by Crippen LogP contribution is 2.07. The summed E-state index contributed by atoms with van der Waals surface area (Å²) in [6, 6.07) is 0.309. The molecule has 2 heterocycles. The van der Waals surface area contributed by atoms with Crippen molar-refractivity contribution in [3.05, 3.63) is 22.7 Å². The number of hydrogen-bond donors (Lipinski definition) is 3. The Bertz CT molecular complexity index is 354. The van der Waals surface area contributed by atoms with Crippen LogP contribution in [-0.4, -0.2) is 29.1 Å². The fourth-order valence-electron chi connectivity index (χ4n) is 1.79. The molecule has 1 fully saturated rings. The fourth-order valence-corrected chi connectivity index (χ4v) is 1.79. The second kappa shape index (κ2) is 4.93. The molecule has 0 saturated carbocycles. The zero-order chi connectivity index (χ0) is 10.5. The summed E-state index contributed by atoms with van der Waals surface area (Å²) in [5, 5.41) is 6.51. The van der Waals surface area contributed by atoms with Gasteiger partial charge in [-0.15, -0.1) is 0 Å². The summed E-state index contributed by atoms with van der Waals surface area (Å²) in [5.41, 5.74) is -0.151. The number of rotatable bonds is 2. The summed E-state index contributed by atoms with van der Waals surface area (Å²) < 4.78 is 0. The minimum absolute atomic E-state index is 0.151. The minimum Gasteiger partial charge on any atom is -0.361 e. The van der Waals surface area contributed by atoms with Gasteiger partial charge >= 0.3 is 0 Å². The van der Waals surface area contributed by atoms with Gasteiger partial charge in [-0.25, -0.2) is 4.98 Å². The molecule has 3 N–H and O–H groups in total. The Morgan fingerprint density at radius 3 is 3.27 bits per heavy atom. The molecule has 0 radical (unpaired) electrons. The van der Waals surface area contributed by atoms with Crippen molar-refractivity contribution in [3.63, 3.8) is 0 Å². The second-order valence-corrected chi connectivity index (χ2v) is 3.81. The number of aromatic amines is 1. The largest absolute Gasteiger partial charge is 0.361 e. The zero-order valence-electron chi connectivity index (χ0n) is 8.62. The fraction of sp³-hybridized carbons (Fsp3) is 0.600. The molecular weight excluding hydrogens is 192 g/mol. The molecular formula is C10H16N4O. The Morgan fingerprint density at radius 2 is 2.40 bits per heavy atom. The van der Waals surface area contributed by atoms with Gasteiger partial charge in [0.1, 0.15) is 0 Å². The molecule has 1 aromatic rings. The average molecular weight is 208 g/mol. The van der Waals surface area contributed by atoms with E-state index in [1.807, 2.05) is 0 Å². The van der Waals surface area contributed by atoms with Crippen molar-refractivity contribution in [1.29, 1.82) is 0 Å². The van der Waals surface area contributed by atoms with Crippen molar-refractivity contribution in [2.24, 2.45) is 0 Å². The van der Waals surface area contributed by atoms with E-state index in [1.54, 1.807) is 12.4 Å². The van der Waals surface area contributed by atoms with E-state index in [-0.39, 0.29) is 5.56 Å². The van der Waals surface area contributed by atoms with Crippen LogP contribution in [0.25, 0.3) is 0 Å². The van der Waals surface area contributed by atoms with Crippen molar-refractivity contribution in [3.8, 4) is 0 Å². The number of hydrogen-bond acceptors (Lipinski definition) is 4. The van der Waals surface area contributed by atoms with Gasteiger partial charge in [-0.05, 0) is 19.4 Å². The number of anilines is 1. The Morgan fingerprint density at radius 1 is 1.47 bits per heavy atom. The predicted molar refractivity (Wildman–Crippen MR) is 59.0 cm³/mol. The quantitative estimate of drug-likeness (QED) is 0.655. The first-order valence-electron chi connectivity index (χ1n) is 5.37. The monoisotopic (exact) mass is 208 g/mol. The highest BCUT2D eigenvalue weighted by atomic mass is 16.1. The lowest BCUT2D eigenvalue weighted by Gasteiger charge is -2.15. The van der Waals surface area contributed by atoms with Crippen LogP contribution in [0, 0.1) is 0 Å². The van der Waals surface area contributed by atoms with E-state index < -0.39 is 0 Å². The SMILES string of the molecule is O=c1[nH]ccnc1NC1CCCCNC1. The third-order valence-corrected chi connectivity index (χ3v) is 2.60. The van der Waals surface area contributed by atoms with E-state index in [2.05, 4.69) is 20.6 Å². The topological polar surface area (TPSA) is 69.8 Å². The van der Waals surface area contributed by atoms with Gasteiger partial charge in [0.15, 0.2) is 5.82 Å². The van der Waals surface area contributed by atoms with Crippen LogP contribution in [0.4, 0.5) is 5.82 Å². The Hall–Kier alpha value is -1.36. The molecule has 2 rings (SSSR count). The molecule has 15 heavy (non-hydrogen) atoms. The highest BCUT2D eigenvalue weighted by molar-refractivity contribution is 5.31. The summed E-state index contributed by atoms with van der Waals surface area (Å²) in [4.78, 5) is 18.0. The zero-order valence-corrected chi connectivity index (χ0v) is 8.62. The van der Waals surface area contributed by atoms with E-state index in [0.717, 1.165) is 19.5 Å². The lowest BCUT2D eigenvalue weighted by molar-refractivity contribution is 0.632. The number of nitrogens with one attached hydrogen (secondary N) is 3. The van der Waals surface area contributed by atoms with Crippen LogP contribution >= 0.6 is 0 Å². The number of H-pyrrole nitrogens is 1. The van der Waals surface area contributed by atoms with Gasteiger partial charge < -0.3 is 15.6 Å². The van der Waals surface area contributed by atoms with Crippen LogP contribution in [0.1, 0.15) is 19.3 Å². The molecule has 1 atom stereocenters. The third-order valence-electron chi connectivity index (χ3n) is 2.60. The van der Waals surface area contributed by atoms with Crippen LogP contribution in [0.5, 0.6) is 0 Å². The van der Waals surface area contributed by atoms with Gasteiger partial charge in [-0.2, -0.15) is 0 Å². The maximum atomic E-state index is 11.4. The van der Waals surface area contributed by atoms with Crippen molar-refractivity contribution >= 4 is 5.82 Å². The van der Waals surface area contributed by atoms with Gasteiger partial charge in [-0.3, -0.25) is 4.79 Å².